The zero-order chi connectivity index (χ0) is 18.0. The minimum absolute atomic E-state index is 0.112. The molecule has 2 N–H and O–H groups in total. The largest absolute Gasteiger partial charge is 0.481 e. The zero-order valence-corrected chi connectivity index (χ0v) is 12.9. The summed E-state index contributed by atoms with van der Waals surface area (Å²) < 4.78 is 6.39. The van der Waals surface area contributed by atoms with E-state index in [4.69, 9.17) is 9.84 Å². The van der Waals surface area contributed by atoms with Crippen LogP contribution in [0.15, 0.2) is 42.7 Å². The fourth-order valence-electron chi connectivity index (χ4n) is 2.18. The smallest absolute Gasteiger partial charge is 0.356 e. The van der Waals surface area contributed by atoms with E-state index in [-0.39, 0.29) is 11.4 Å². The van der Waals surface area contributed by atoms with Gasteiger partial charge in [0.15, 0.2) is 5.69 Å². The Labute approximate surface area is 141 Å². The number of carboxylic acid groups (broad SMARTS) is 2. The molecule has 0 aliphatic rings. The summed E-state index contributed by atoms with van der Waals surface area (Å²) >= 11 is 0. The average Bonchev–Trinajstić information content (AvgIpc) is 3.07. The van der Waals surface area contributed by atoms with E-state index in [2.05, 4.69) is 15.1 Å². The fourth-order valence-corrected chi connectivity index (χ4v) is 2.18. The van der Waals surface area contributed by atoms with Crippen LogP contribution in [0.5, 0.6) is 5.88 Å². The van der Waals surface area contributed by atoms with Gasteiger partial charge in [-0.2, -0.15) is 5.10 Å². The minimum atomic E-state index is -1.18. The molecule has 0 aliphatic carbocycles. The van der Waals surface area contributed by atoms with Crippen molar-refractivity contribution < 1.29 is 24.5 Å². The zero-order valence-electron chi connectivity index (χ0n) is 12.9. The van der Waals surface area contributed by atoms with E-state index in [1.54, 1.807) is 12.1 Å². The fraction of sp³-hybridized carbons (Fsp3) is 0.0625. The van der Waals surface area contributed by atoms with Crippen LogP contribution in [-0.4, -0.2) is 49.0 Å². The van der Waals surface area contributed by atoms with Crippen molar-refractivity contribution in [3.8, 4) is 22.8 Å². The van der Waals surface area contributed by atoms with Gasteiger partial charge in [0.1, 0.15) is 5.69 Å². The Morgan fingerprint density at radius 1 is 1.00 bits per heavy atom. The molecule has 0 bridgehead atoms. The van der Waals surface area contributed by atoms with E-state index < -0.39 is 11.9 Å². The second kappa shape index (κ2) is 6.40. The molecule has 3 rings (SSSR count). The van der Waals surface area contributed by atoms with Gasteiger partial charge in [0.25, 0.3) is 0 Å². The molecule has 0 spiro atoms. The average molecular weight is 340 g/mol. The first-order valence-corrected chi connectivity index (χ1v) is 7.03. The van der Waals surface area contributed by atoms with Gasteiger partial charge in [-0.1, -0.05) is 0 Å². The van der Waals surface area contributed by atoms with Crippen LogP contribution in [0.1, 0.15) is 21.0 Å². The van der Waals surface area contributed by atoms with Crippen LogP contribution in [0.2, 0.25) is 0 Å². The Hall–Kier alpha value is -3.75. The Kier molecular flexibility index (Phi) is 4.12. The van der Waals surface area contributed by atoms with Gasteiger partial charge in [-0.15, -0.1) is 0 Å². The molecular weight excluding hydrogens is 328 g/mol. The molecule has 0 radical (unpaired) electrons. The summed E-state index contributed by atoms with van der Waals surface area (Å²) in [4.78, 5) is 30.1. The number of aromatic nitrogens is 4. The number of carboxylic acids is 2. The molecule has 126 valence electrons. The number of pyridine rings is 2. The van der Waals surface area contributed by atoms with Crippen LogP contribution in [-0.2, 0) is 0 Å². The van der Waals surface area contributed by atoms with Crippen molar-refractivity contribution in [3.63, 3.8) is 0 Å². The predicted octanol–water partition coefficient (Wildman–Crippen LogP) is 1.73. The monoisotopic (exact) mass is 340 g/mol. The first-order chi connectivity index (χ1) is 12.0. The molecule has 0 saturated heterocycles. The van der Waals surface area contributed by atoms with Gasteiger partial charge in [-0.3, -0.25) is 0 Å². The first-order valence-electron chi connectivity index (χ1n) is 7.03. The lowest BCUT2D eigenvalue weighted by molar-refractivity contribution is 0.0679. The molecule has 0 unspecified atom stereocenters. The normalized spacial score (nSPS) is 10.4. The van der Waals surface area contributed by atoms with Gasteiger partial charge in [0.05, 0.1) is 24.7 Å². The number of hydrogen-bond donors (Lipinski definition) is 2. The summed E-state index contributed by atoms with van der Waals surface area (Å²) in [5.74, 6) is -1.93. The molecule has 0 atom stereocenters. The first kappa shape index (κ1) is 16.1. The van der Waals surface area contributed by atoms with Crippen LogP contribution in [0, 0.1) is 0 Å². The van der Waals surface area contributed by atoms with Crippen LogP contribution in [0.3, 0.4) is 0 Å². The second-order valence-corrected chi connectivity index (χ2v) is 4.93. The Bertz CT molecular complexity index is 932. The molecule has 0 amide bonds. The Morgan fingerprint density at radius 2 is 1.76 bits per heavy atom. The number of ether oxygens (including phenoxy) is 1. The van der Waals surface area contributed by atoms with E-state index >= 15 is 0 Å². The van der Waals surface area contributed by atoms with Gasteiger partial charge in [0, 0.05) is 17.8 Å². The molecule has 9 nitrogen and oxygen atoms in total. The van der Waals surface area contributed by atoms with E-state index in [0.29, 0.717) is 22.8 Å². The maximum Gasteiger partial charge on any atom is 0.356 e. The molecule has 9 heteroatoms. The van der Waals surface area contributed by atoms with Crippen LogP contribution < -0.4 is 4.74 Å². The van der Waals surface area contributed by atoms with Crippen LogP contribution >= 0.6 is 0 Å². The molecular formula is C16H12N4O5. The highest BCUT2D eigenvalue weighted by atomic mass is 16.5. The van der Waals surface area contributed by atoms with Crippen molar-refractivity contribution >= 4 is 11.9 Å². The summed E-state index contributed by atoms with van der Waals surface area (Å²) in [7, 11) is 1.49. The third kappa shape index (κ3) is 3.15. The topological polar surface area (TPSA) is 127 Å². The molecule has 0 fully saturated rings. The van der Waals surface area contributed by atoms with Crippen molar-refractivity contribution in [2.75, 3.05) is 7.11 Å². The van der Waals surface area contributed by atoms with Gasteiger partial charge in [-0.05, 0) is 24.3 Å². The number of rotatable bonds is 5. The van der Waals surface area contributed by atoms with E-state index in [1.165, 1.54) is 42.4 Å². The van der Waals surface area contributed by atoms with E-state index in [0.717, 1.165) is 0 Å². The van der Waals surface area contributed by atoms with Crippen LogP contribution in [0.25, 0.3) is 16.9 Å². The third-order valence-corrected chi connectivity index (χ3v) is 3.38. The highest BCUT2D eigenvalue weighted by Gasteiger charge is 2.17. The number of methoxy groups -OCH3 is 1. The molecule has 0 aromatic carbocycles. The van der Waals surface area contributed by atoms with Gasteiger partial charge in [-0.25, -0.2) is 24.2 Å². The lowest BCUT2D eigenvalue weighted by Gasteiger charge is -2.08. The number of nitrogens with zero attached hydrogens (tertiary/aromatic N) is 4. The summed E-state index contributed by atoms with van der Waals surface area (Å²) in [6.07, 6.45) is 2.83. The summed E-state index contributed by atoms with van der Waals surface area (Å²) in [6.45, 7) is 0. The molecule has 0 aliphatic heterocycles. The predicted molar refractivity (Wildman–Crippen MR) is 85.1 cm³/mol. The maximum absolute atomic E-state index is 11.3. The van der Waals surface area contributed by atoms with Crippen molar-refractivity contribution in [2.45, 2.75) is 0 Å². The molecule has 3 aromatic rings. The van der Waals surface area contributed by atoms with Gasteiger partial charge < -0.3 is 14.9 Å². The number of hydrogen-bond acceptors (Lipinski definition) is 6. The van der Waals surface area contributed by atoms with E-state index in [9.17, 15) is 14.7 Å². The molecule has 0 saturated carbocycles. The molecule has 25 heavy (non-hydrogen) atoms. The van der Waals surface area contributed by atoms with Crippen molar-refractivity contribution in [1.82, 2.24) is 19.7 Å². The van der Waals surface area contributed by atoms with Crippen molar-refractivity contribution in [3.05, 3.63) is 54.1 Å². The lowest BCUT2D eigenvalue weighted by atomic mass is 10.2. The van der Waals surface area contributed by atoms with Crippen molar-refractivity contribution in [2.24, 2.45) is 0 Å². The quantitative estimate of drug-likeness (QED) is 0.719. The van der Waals surface area contributed by atoms with Crippen LogP contribution in [0.4, 0.5) is 0 Å². The number of carbonyl (C=O) groups is 2. The molecule has 3 aromatic heterocycles. The second-order valence-electron chi connectivity index (χ2n) is 4.93. The summed E-state index contributed by atoms with van der Waals surface area (Å²) in [5, 5.41) is 22.2. The highest BCUT2D eigenvalue weighted by Crippen LogP contribution is 2.24. The number of aromatic carboxylic acids is 2. The van der Waals surface area contributed by atoms with Gasteiger partial charge in [0.2, 0.25) is 5.88 Å². The minimum Gasteiger partial charge on any atom is -0.481 e. The molecule has 3 heterocycles. The standard InChI is InChI=1S/C16H12N4O5/c1-25-14-5-3-10(8-18-14)20-13(6-12(19-20)16(23)24)9-2-4-11(15(21)22)17-7-9/h2-8H,1H3,(H,21,22)(H,23,24). The lowest BCUT2D eigenvalue weighted by Crippen LogP contribution is -2.04. The van der Waals surface area contributed by atoms with E-state index in [1.807, 2.05) is 0 Å². The Morgan fingerprint density at radius 3 is 2.28 bits per heavy atom. The summed E-state index contributed by atoms with van der Waals surface area (Å²) in [5.41, 5.74) is 1.20. The maximum atomic E-state index is 11.3. The Balaban J connectivity index is 2.11. The third-order valence-electron chi connectivity index (χ3n) is 3.38. The summed E-state index contributed by atoms with van der Waals surface area (Å²) in [6, 6.07) is 7.54. The van der Waals surface area contributed by atoms with Gasteiger partial charge >= 0.3 is 11.9 Å². The van der Waals surface area contributed by atoms with Crippen molar-refractivity contribution in [1.29, 1.82) is 0 Å². The SMILES string of the molecule is COc1ccc(-n2nc(C(=O)O)cc2-c2ccc(C(=O)O)nc2)cn1. The highest BCUT2D eigenvalue weighted by molar-refractivity contribution is 5.88.